The predicted molar refractivity (Wildman–Crippen MR) is 195 cm³/mol. The Morgan fingerprint density at radius 1 is 0.894 bits per heavy atom. The first kappa shape index (κ1) is 35.1. The zero-order chi connectivity index (χ0) is 33.6. The summed E-state index contributed by atoms with van der Waals surface area (Å²) in [5.74, 6) is 1.13. The van der Waals surface area contributed by atoms with E-state index in [0.29, 0.717) is 19.1 Å². The molecule has 4 aromatic rings. The molecule has 4 heterocycles. The molecule has 0 spiro atoms. The average Bonchev–Trinajstić information content (AvgIpc) is 3.65. The summed E-state index contributed by atoms with van der Waals surface area (Å²) in [6, 6.07) is 12.8. The van der Waals surface area contributed by atoms with E-state index in [9.17, 15) is 4.79 Å². The van der Waals surface area contributed by atoms with Crippen LogP contribution in [-0.2, 0) is 27.1 Å². The van der Waals surface area contributed by atoms with Gasteiger partial charge in [0.1, 0.15) is 5.60 Å². The monoisotopic (exact) mass is 676 g/mol. The molecular formula is C37H48N4O4S2. The van der Waals surface area contributed by atoms with Crippen molar-refractivity contribution in [3.63, 3.8) is 0 Å². The highest BCUT2D eigenvalue weighted by molar-refractivity contribution is 7.18. The Morgan fingerprint density at radius 3 is 2.04 bits per heavy atom. The number of carbonyl (C=O) groups is 1. The molecule has 0 aliphatic carbocycles. The fourth-order valence-corrected chi connectivity index (χ4v) is 7.46. The van der Waals surface area contributed by atoms with Gasteiger partial charge in [-0.05, 0) is 81.7 Å². The molecule has 2 unspecified atom stereocenters. The molecule has 10 heteroatoms. The quantitative estimate of drug-likeness (QED) is 0.185. The van der Waals surface area contributed by atoms with E-state index in [1.54, 1.807) is 41.8 Å². The molecular weight excluding hydrogens is 629 g/mol. The van der Waals surface area contributed by atoms with Crippen LogP contribution in [-0.4, -0.2) is 72.8 Å². The highest BCUT2D eigenvalue weighted by Gasteiger charge is 2.29. The van der Waals surface area contributed by atoms with Crippen LogP contribution in [0.3, 0.4) is 0 Å². The van der Waals surface area contributed by atoms with Crippen LogP contribution < -0.4 is 0 Å². The first-order chi connectivity index (χ1) is 22.5. The lowest BCUT2D eigenvalue weighted by atomic mass is 9.96. The van der Waals surface area contributed by atoms with Crippen LogP contribution in [0, 0.1) is 11.8 Å². The van der Waals surface area contributed by atoms with E-state index < -0.39 is 5.60 Å². The van der Waals surface area contributed by atoms with Crippen molar-refractivity contribution in [2.45, 2.75) is 72.3 Å². The van der Waals surface area contributed by atoms with Gasteiger partial charge in [-0.2, -0.15) is 0 Å². The van der Waals surface area contributed by atoms with Crippen LogP contribution in [0.2, 0.25) is 0 Å². The van der Waals surface area contributed by atoms with Crippen LogP contribution in [0.5, 0.6) is 0 Å². The summed E-state index contributed by atoms with van der Waals surface area (Å²) in [4.78, 5) is 28.7. The standard InChI is InChI=1S/C21H28N2O3S.C16H20N2OS/c1-14-6-8-17(23(13-14)20(24)26-21(2,3)4)15-7-9-18-16(12-15)22-19(27-18)10-11-25-5;1-11-3-5-13(17-10-11)12-4-6-15-14(9-12)18-16(20-15)7-8-19-2/h7-9,12,14H,6,10-11,13H2,1-5H3;4,6,9,11H,3,5,7-8,10H2,1-2H3. The second-order valence-electron chi connectivity index (χ2n) is 13.5. The van der Waals surface area contributed by atoms with Gasteiger partial charge in [0.2, 0.25) is 0 Å². The summed E-state index contributed by atoms with van der Waals surface area (Å²) in [6.45, 7) is 13.1. The molecule has 2 atom stereocenters. The van der Waals surface area contributed by atoms with Crippen molar-refractivity contribution < 1.29 is 19.0 Å². The van der Waals surface area contributed by atoms with E-state index >= 15 is 0 Å². The number of hydrogen-bond donors (Lipinski definition) is 0. The Balaban J connectivity index is 0.000000193. The molecule has 2 aliphatic heterocycles. The van der Waals surface area contributed by atoms with Crippen LogP contribution in [0.1, 0.15) is 75.0 Å². The summed E-state index contributed by atoms with van der Waals surface area (Å²) in [5, 5.41) is 2.22. The van der Waals surface area contributed by atoms with E-state index in [1.165, 1.54) is 22.4 Å². The van der Waals surface area contributed by atoms with Crippen LogP contribution in [0.15, 0.2) is 47.5 Å². The molecule has 2 aromatic heterocycles. The molecule has 0 radical (unpaired) electrons. The van der Waals surface area contributed by atoms with E-state index in [4.69, 9.17) is 29.2 Å². The Labute approximate surface area is 286 Å². The third kappa shape index (κ3) is 9.47. The molecule has 0 bridgehead atoms. The third-order valence-electron chi connectivity index (χ3n) is 8.11. The minimum Gasteiger partial charge on any atom is -0.443 e. The lowest BCUT2D eigenvalue weighted by Gasteiger charge is -2.33. The van der Waals surface area contributed by atoms with E-state index in [1.807, 2.05) is 20.8 Å². The van der Waals surface area contributed by atoms with Crippen molar-refractivity contribution in [3.05, 3.63) is 63.6 Å². The molecule has 0 saturated heterocycles. The molecule has 1 amide bonds. The Bertz CT molecular complexity index is 1740. The van der Waals surface area contributed by atoms with Gasteiger partial charge in [0.25, 0.3) is 0 Å². The number of hydrogen-bond acceptors (Lipinski definition) is 9. The summed E-state index contributed by atoms with van der Waals surface area (Å²) >= 11 is 3.45. The molecule has 252 valence electrons. The normalized spacial score (nSPS) is 18.5. The van der Waals surface area contributed by atoms with Gasteiger partial charge in [0.05, 0.1) is 49.4 Å². The second kappa shape index (κ2) is 15.8. The zero-order valence-corrected chi connectivity index (χ0v) is 30.4. The minimum absolute atomic E-state index is 0.292. The zero-order valence-electron chi connectivity index (χ0n) is 28.8. The first-order valence-corrected chi connectivity index (χ1v) is 18.2. The topological polar surface area (TPSA) is 86.1 Å². The number of amides is 1. The molecule has 0 N–H and O–H groups in total. The molecule has 6 rings (SSSR count). The minimum atomic E-state index is -0.516. The van der Waals surface area contributed by atoms with E-state index in [-0.39, 0.29) is 6.09 Å². The molecule has 2 aromatic carbocycles. The molecule has 2 aliphatic rings. The van der Waals surface area contributed by atoms with Crippen LogP contribution in [0.25, 0.3) is 26.1 Å². The average molecular weight is 677 g/mol. The number of aromatic nitrogens is 2. The van der Waals surface area contributed by atoms with Crippen molar-refractivity contribution in [1.82, 2.24) is 14.9 Å². The Morgan fingerprint density at radius 2 is 1.49 bits per heavy atom. The smallest absolute Gasteiger partial charge is 0.414 e. The van der Waals surface area contributed by atoms with Gasteiger partial charge in [0.15, 0.2) is 0 Å². The number of aliphatic imine (C=N–C) groups is 1. The molecule has 0 saturated carbocycles. The maximum atomic E-state index is 12.8. The number of methoxy groups -OCH3 is 2. The number of fused-ring (bicyclic) bond motifs is 2. The summed E-state index contributed by atoms with van der Waals surface area (Å²) in [5.41, 5.74) is 5.95. The largest absolute Gasteiger partial charge is 0.443 e. The summed E-state index contributed by atoms with van der Waals surface area (Å²) in [6.07, 6.45) is 6.83. The maximum Gasteiger partial charge on any atom is 0.414 e. The van der Waals surface area contributed by atoms with E-state index in [0.717, 1.165) is 81.8 Å². The highest BCUT2D eigenvalue weighted by atomic mass is 32.1. The predicted octanol–water partition coefficient (Wildman–Crippen LogP) is 8.81. The van der Waals surface area contributed by atoms with Gasteiger partial charge in [0, 0.05) is 51.4 Å². The lowest BCUT2D eigenvalue weighted by Crippen LogP contribution is -2.39. The Kier molecular flexibility index (Phi) is 11.8. The van der Waals surface area contributed by atoms with E-state index in [2.05, 4.69) is 56.3 Å². The van der Waals surface area contributed by atoms with Gasteiger partial charge in [-0.3, -0.25) is 9.89 Å². The van der Waals surface area contributed by atoms with Gasteiger partial charge >= 0.3 is 6.09 Å². The third-order valence-corrected chi connectivity index (χ3v) is 10.3. The number of carbonyl (C=O) groups excluding carboxylic acids is 1. The fourth-order valence-electron chi connectivity index (χ4n) is 5.61. The van der Waals surface area contributed by atoms with Gasteiger partial charge in [-0.1, -0.05) is 32.1 Å². The van der Waals surface area contributed by atoms with Crippen LogP contribution in [0.4, 0.5) is 4.79 Å². The summed E-state index contributed by atoms with van der Waals surface area (Å²) in [7, 11) is 3.43. The number of rotatable bonds is 8. The molecule has 0 fully saturated rings. The van der Waals surface area contributed by atoms with Crippen molar-refractivity contribution >= 4 is 60.6 Å². The number of ether oxygens (including phenoxy) is 3. The molecule has 8 nitrogen and oxygen atoms in total. The van der Waals surface area contributed by atoms with Crippen molar-refractivity contribution in [3.8, 4) is 0 Å². The van der Waals surface area contributed by atoms with Crippen molar-refractivity contribution in [1.29, 1.82) is 0 Å². The lowest BCUT2D eigenvalue weighted by molar-refractivity contribution is 0.0327. The van der Waals surface area contributed by atoms with Gasteiger partial charge < -0.3 is 14.2 Å². The van der Waals surface area contributed by atoms with Crippen LogP contribution >= 0.6 is 22.7 Å². The van der Waals surface area contributed by atoms with Gasteiger partial charge in [-0.25, -0.2) is 14.8 Å². The molecule has 47 heavy (non-hydrogen) atoms. The number of nitrogens with zero attached hydrogens (tertiary/aromatic N) is 4. The van der Waals surface area contributed by atoms with Crippen molar-refractivity contribution in [2.24, 2.45) is 16.8 Å². The Hall–Kier alpha value is -3.18. The maximum absolute atomic E-state index is 12.8. The summed E-state index contributed by atoms with van der Waals surface area (Å²) < 4.78 is 18.3. The second-order valence-corrected chi connectivity index (χ2v) is 15.7. The highest BCUT2D eigenvalue weighted by Crippen LogP contribution is 2.32. The first-order valence-electron chi connectivity index (χ1n) is 16.5. The van der Waals surface area contributed by atoms with Crippen molar-refractivity contribution in [2.75, 3.05) is 40.5 Å². The SMILES string of the molecule is COCCc1nc2cc(C3=CCC(C)CN3C(=O)OC(C)(C)C)ccc2s1.COCCc1nc2cc(C3=NCC(C)CC3)ccc2s1. The fraction of sp³-hybridized carbons (Fsp3) is 0.514. The number of benzene rings is 2. The van der Waals surface area contributed by atoms with Gasteiger partial charge in [-0.15, -0.1) is 22.7 Å². The number of thiazole rings is 2. The number of allylic oxidation sites excluding steroid dienone is 1.